The molecule has 2 fully saturated rings. The predicted molar refractivity (Wildman–Crippen MR) is 63.8 cm³/mol. The van der Waals surface area contributed by atoms with Crippen molar-refractivity contribution in [3.63, 3.8) is 0 Å². The summed E-state index contributed by atoms with van der Waals surface area (Å²) in [5.41, 5.74) is 0. The van der Waals surface area contributed by atoms with Gasteiger partial charge >= 0.3 is 0 Å². The van der Waals surface area contributed by atoms with Gasteiger partial charge in [0.15, 0.2) is 0 Å². The Morgan fingerprint density at radius 2 is 1.81 bits per heavy atom. The Bertz CT molecular complexity index is 308. The van der Waals surface area contributed by atoms with Gasteiger partial charge in [0.1, 0.15) is 0 Å². The third kappa shape index (κ3) is 3.69. The zero-order chi connectivity index (χ0) is 11.4. The summed E-state index contributed by atoms with van der Waals surface area (Å²) in [5, 5.41) is 6.38. The summed E-state index contributed by atoms with van der Waals surface area (Å²) in [5.74, 6) is 0.841. The van der Waals surface area contributed by atoms with Gasteiger partial charge in [-0.2, -0.15) is 0 Å². The molecule has 94 valence electrons. The molecule has 0 amide bonds. The van der Waals surface area contributed by atoms with Crippen molar-refractivity contribution in [3.8, 4) is 0 Å². The topological polar surface area (TPSA) is 70.2 Å². The van der Waals surface area contributed by atoms with Crippen molar-refractivity contribution < 1.29 is 8.42 Å². The molecule has 2 heterocycles. The lowest BCUT2D eigenvalue weighted by molar-refractivity contribution is 0.338. The van der Waals surface area contributed by atoms with Gasteiger partial charge in [0.05, 0.1) is 5.75 Å². The zero-order valence-electron chi connectivity index (χ0n) is 9.54. The molecule has 0 aromatic heterocycles. The van der Waals surface area contributed by atoms with Crippen LogP contribution in [0, 0.1) is 5.92 Å². The van der Waals surface area contributed by atoms with E-state index < -0.39 is 10.0 Å². The SMILES string of the molecule is O=S(=O)(CCC1CNC1)NC1CCNCC1. The van der Waals surface area contributed by atoms with Crippen molar-refractivity contribution in [1.29, 1.82) is 0 Å². The van der Waals surface area contributed by atoms with Crippen LogP contribution in [0.1, 0.15) is 19.3 Å². The predicted octanol–water partition coefficient (Wildman–Crippen LogP) is -0.733. The van der Waals surface area contributed by atoms with Gasteiger partial charge in [-0.05, 0) is 51.4 Å². The average molecular weight is 247 g/mol. The third-order valence-corrected chi connectivity index (χ3v) is 4.81. The molecular weight excluding hydrogens is 226 g/mol. The highest BCUT2D eigenvalue weighted by molar-refractivity contribution is 7.89. The maximum Gasteiger partial charge on any atom is 0.211 e. The molecule has 0 radical (unpaired) electrons. The van der Waals surface area contributed by atoms with Gasteiger partial charge in [-0.25, -0.2) is 13.1 Å². The standard InChI is InChI=1S/C10H21N3O2S/c14-16(15,6-3-9-7-12-8-9)13-10-1-4-11-5-2-10/h9-13H,1-8H2. The van der Waals surface area contributed by atoms with E-state index >= 15 is 0 Å². The van der Waals surface area contributed by atoms with Gasteiger partial charge in [0.2, 0.25) is 10.0 Å². The van der Waals surface area contributed by atoms with E-state index in [9.17, 15) is 8.42 Å². The Morgan fingerprint density at radius 3 is 2.38 bits per heavy atom. The Hall–Kier alpha value is -0.170. The zero-order valence-corrected chi connectivity index (χ0v) is 10.4. The summed E-state index contributed by atoms with van der Waals surface area (Å²) >= 11 is 0. The molecule has 2 aliphatic heterocycles. The van der Waals surface area contributed by atoms with E-state index in [1.54, 1.807) is 0 Å². The molecular formula is C10H21N3O2S. The first-order chi connectivity index (χ1) is 7.66. The molecule has 3 N–H and O–H groups in total. The van der Waals surface area contributed by atoms with Crippen molar-refractivity contribution in [2.45, 2.75) is 25.3 Å². The van der Waals surface area contributed by atoms with Crippen LogP contribution in [0.15, 0.2) is 0 Å². The minimum absolute atomic E-state index is 0.144. The average Bonchev–Trinajstić information content (AvgIpc) is 2.15. The van der Waals surface area contributed by atoms with E-state index in [1.165, 1.54) is 0 Å². The first-order valence-electron chi connectivity index (χ1n) is 6.07. The lowest BCUT2D eigenvalue weighted by atomic mass is 10.0. The largest absolute Gasteiger partial charge is 0.317 e. The Labute approximate surface area is 97.4 Å². The van der Waals surface area contributed by atoms with Crippen LogP contribution in [-0.4, -0.2) is 46.4 Å². The third-order valence-electron chi connectivity index (χ3n) is 3.35. The van der Waals surface area contributed by atoms with Crippen molar-refractivity contribution in [3.05, 3.63) is 0 Å². The molecule has 0 atom stereocenters. The van der Waals surface area contributed by atoms with Crippen LogP contribution >= 0.6 is 0 Å². The van der Waals surface area contributed by atoms with Gasteiger partial charge in [0, 0.05) is 6.04 Å². The number of hydrogen-bond acceptors (Lipinski definition) is 4. The second-order valence-electron chi connectivity index (χ2n) is 4.77. The normalized spacial score (nSPS) is 24.2. The molecule has 0 spiro atoms. The second kappa shape index (κ2) is 5.44. The van der Waals surface area contributed by atoms with Crippen LogP contribution in [0.25, 0.3) is 0 Å². The smallest absolute Gasteiger partial charge is 0.211 e. The molecule has 0 aliphatic carbocycles. The molecule has 0 aromatic carbocycles. The number of sulfonamides is 1. The minimum Gasteiger partial charge on any atom is -0.317 e. The highest BCUT2D eigenvalue weighted by Crippen LogP contribution is 2.10. The fourth-order valence-corrected chi connectivity index (χ4v) is 3.63. The Morgan fingerprint density at radius 1 is 1.12 bits per heavy atom. The van der Waals surface area contributed by atoms with Crippen LogP contribution in [0.5, 0.6) is 0 Å². The first kappa shape index (κ1) is 12.3. The fraction of sp³-hybridized carbons (Fsp3) is 1.00. The monoisotopic (exact) mass is 247 g/mol. The maximum atomic E-state index is 11.8. The van der Waals surface area contributed by atoms with Crippen molar-refractivity contribution in [1.82, 2.24) is 15.4 Å². The first-order valence-corrected chi connectivity index (χ1v) is 7.72. The lowest BCUT2D eigenvalue weighted by Crippen LogP contribution is -2.46. The molecule has 16 heavy (non-hydrogen) atoms. The Balaban J connectivity index is 1.72. The maximum absolute atomic E-state index is 11.8. The van der Waals surface area contributed by atoms with Gasteiger partial charge < -0.3 is 10.6 Å². The van der Waals surface area contributed by atoms with Crippen LogP contribution in [0.4, 0.5) is 0 Å². The fourth-order valence-electron chi connectivity index (χ4n) is 2.13. The van der Waals surface area contributed by atoms with Crippen LogP contribution < -0.4 is 15.4 Å². The van der Waals surface area contributed by atoms with Crippen LogP contribution in [0.3, 0.4) is 0 Å². The van der Waals surface area contributed by atoms with Gasteiger partial charge in [0.25, 0.3) is 0 Å². The summed E-state index contributed by atoms with van der Waals surface area (Å²) in [6.45, 7) is 3.78. The van der Waals surface area contributed by atoms with Crippen molar-refractivity contribution in [2.24, 2.45) is 5.92 Å². The molecule has 2 saturated heterocycles. The second-order valence-corrected chi connectivity index (χ2v) is 6.65. The molecule has 5 nitrogen and oxygen atoms in total. The van der Waals surface area contributed by atoms with Gasteiger partial charge in [-0.15, -0.1) is 0 Å². The van der Waals surface area contributed by atoms with E-state index in [1.807, 2.05) is 0 Å². The Kier molecular flexibility index (Phi) is 4.18. The van der Waals surface area contributed by atoms with Crippen molar-refractivity contribution >= 4 is 10.0 Å². The lowest BCUT2D eigenvalue weighted by Gasteiger charge is -2.28. The van der Waals surface area contributed by atoms with E-state index in [4.69, 9.17) is 0 Å². The molecule has 2 rings (SSSR count). The molecule has 0 unspecified atom stereocenters. The number of nitrogens with one attached hydrogen (secondary N) is 3. The molecule has 0 aromatic rings. The molecule has 6 heteroatoms. The summed E-state index contributed by atoms with van der Waals surface area (Å²) in [6.07, 6.45) is 2.60. The number of rotatable bonds is 5. The van der Waals surface area contributed by atoms with Crippen molar-refractivity contribution in [2.75, 3.05) is 31.9 Å². The van der Waals surface area contributed by atoms with E-state index in [0.717, 1.165) is 45.4 Å². The quantitative estimate of drug-likeness (QED) is 0.599. The highest BCUT2D eigenvalue weighted by atomic mass is 32.2. The van der Waals surface area contributed by atoms with Crippen LogP contribution in [-0.2, 0) is 10.0 Å². The summed E-state index contributed by atoms with van der Waals surface area (Å²) in [4.78, 5) is 0. The minimum atomic E-state index is -3.06. The molecule has 0 bridgehead atoms. The molecule has 0 saturated carbocycles. The van der Waals surface area contributed by atoms with E-state index in [0.29, 0.717) is 5.92 Å². The van der Waals surface area contributed by atoms with Gasteiger partial charge in [-0.3, -0.25) is 0 Å². The van der Waals surface area contributed by atoms with Crippen LogP contribution in [0.2, 0.25) is 0 Å². The molecule has 2 aliphatic rings. The summed E-state index contributed by atoms with van der Waals surface area (Å²) in [6, 6.07) is 0.144. The number of hydrogen-bond donors (Lipinski definition) is 3. The summed E-state index contributed by atoms with van der Waals surface area (Å²) < 4.78 is 26.4. The van der Waals surface area contributed by atoms with Gasteiger partial charge in [-0.1, -0.05) is 0 Å². The van der Waals surface area contributed by atoms with E-state index in [-0.39, 0.29) is 11.8 Å². The van der Waals surface area contributed by atoms with E-state index in [2.05, 4.69) is 15.4 Å². The number of piperidine rings is 1. The highest BCUT2D eigenvalue weighted by Gasteiger charge is 2.23. The summed E-state index contributed by atoms with van der Waals surface area (Å²) in [7, 11) is -3.06.